The molecule has 0 heterocycles. The van der Waals surface area contributed by atoms with Crippen molar-refractivity contribution in [1.82, 2.24) is 10.6 Å². The average molecular weight is 304 g/mol. The van der Waals surface area contributed by atoms with E-state index in [1.54, 1.807) is 6.92 Å². The van der Waals surface area contributed by atoms with Gasteiger partial charge in [-0.1, -0.05) is 45.0 Å². The number of hydrogen-bond acceptors (Lipinski definition) is 2. The van der Waals surface area contributed by atoms with E-state index < -0.39 is 11.9 Å². The fraction of sp³-hybridized carbons (Fsp3) is 0.529. The summed E-state index contributed by atoms with van der Waals surface area (Å²) in [6.45, 7) is 6.13. The van der Waals surface area contributed by atoms with Crippen LogP contribution in [0.25, 0.3) is 0 Å². The minimum atomic E-state index is -0.912. The van der Waals surface area contributed by atoms with Crippen molar-refractivity contribution < 1.29 is 14.7 Å². The first-order valence-electron chi connectivity index (χ1n) is 7.68. The summed E-state index contributed by atoms with van der Waals surface area (Å²) in [5.41, 5.74) is 2.54. The minimum absolute atomic E-state index is 0.0237. The van der Waals surface area contributed by atoms with E-state index in [1.807, 2.05) is 12.1 Å². The molecule has 0 saturated heterocycles. The number of carboxylic acids is 1. The molecule has 0 aromatic heterocycles. The molecule has 0 bridgehead atoms. The third-order valence-electron chi connectivity index (χ3n) is 4.42. The Morgan fingerprint density at radius 1 is 1.36 bits per heavy atom. The van der Waals surface area contributed by atoms with Crippen molar-refractivity contribution in [1.29, 1.82) is 0 Å². The van der Waals surface area contributed by atoms with Crippen molar-refractivity contribution in [3.8, 4) is 0 Å². The first-order chi connectivity index (χ1) is 10.3. The van der Waals surface area contributed by atoms with Gasteiger partial charge in [0.1, 0.15) is 0 Å². The van der Waals surface area contributed by atoms with Gasteiger partial charge in [0.05, 0.1) is 12.0 Å². The lowest BCUT2D eigenvalue weighted by Gasteiger charge is -2.37. The highest BCUT2D eigenvalue weighted by molar-refractivity contribution is 5.76. The van der Waals surface area contributed by atoms with Gasteiger partial charge in [-0.05, 0) is 29.4 Å². The van der Waals surface area contributed by atoms with Gasteiger partial charge in [-0.25, -0.2) is 4.79 Å². The number of hydrogen-bond donors (Lipinski definition) is 3. The highest BCUT2D eigenvalue weighted by Crippen LogP contribution is 2.41. The number of amides is 2. The van der Waals surface area contributed by atoms with Gasteiger partial charge in [-0.3, -0.25) is 4.79 Å². The maximum absolute atomic E-state index is 12.0. The predicted octanol–water partition coefficient (Wildman–Crippen LogP) is 2.82. The molecule has 2 rings (SSSR count). The third kappa shape index (κ3) is 3.59. The molecular formula is C17H24N2O3. The summed E-state index contributed by atoms with van der Waals surface area (Å²) in [6, 6.07) is 7.85. The summed E-state index contributed by atoms with van der Waals surface area (Å²) in [5, 5.41) is 14.4. The van der Waals surface area contributed by atoms with Gasteiger partial charge in [0, 0.05) is 6.54 Å². The molecule has 1 unspecified atom stereocenters. The van der Waals surface area contributed by atoms with E-state index in [1.165, 1.54) is 5.56 Å². The summed E-state index contributed by atoms with van der Waals surface area (Å²) < 4.78 is 0. The van der Waals surface area contributed by atoms with E-state index in [-0.39, 0.29) is 24.0 Å². The Morgan fingerprint density at radius 3 is 2.73 bits per heavy atom. The van der Waals surface area contributed by atoms with Crippen molar-refractivity contribution in [2.45, 2.75) is 45.1 Å². The van der Waals surface area contributed by atoms with Crippen molar-refractivity contribution in [2.24, 2.45) is 5.92 Å². The monoisotopic (exact) mass is 304 g/mol. The van der Waals surface area contributed by atoms with Crippen molar-refractivity contribution in [3.05, 3.63) is 35.4 Å². The molecule has 0 spiro atoms. The van der Waals surface area contributed by atoms with Crippen LogP contribution in [0.2, 0.25) is 0 Å². The van der Waals surface area contributed by atoms with E-state index in [0.717, 1.165) is 18.4 Å². The number of rotatable bonds is 4. The lowest BCUT2D eigenvalue weighted by molar-refractivity contribution is -0.140. The fourth-order valence-corrected chi connectivity index (χ4v) is 2.90. The van der Waals surface area contributed by atoms with Crippen LogP contribution in [0.1, 0.15) is 50.8 Å². The molecule has 0 saturated carbocycles. The Morgan fingerprint density at radius 2 is 2.05 bits per heavy atom. The second kappa shape index (κ2) is 6.38. The first-order valence-corrected chi connectivity index (χ1v) is 7.68. The number of urea groups is 1. The molecule has 1 aliphatic rings. The molecular weight excluding hydrogens is 280 g/mol. The average Bonchev–Trinajstić information content (AvgIpc) is 2.48. The van der Waals surface area contributed by atoms with Crippen LogP contribution in [-0.2, 0) is 10.2 Å². The Labute approximate surface area is 131 Å². The zero-order chi connectivity index (χ0) is 16.3. The summed E-state index contributed by atoms with van der Waals surface area (Å²) in [4.78, 5) is 22.8. The normalized spacial score (nSPS) is 20.6. The second-order valence-corrected chi connectivity index (χ2v) is 6.66. The molecule has 1 aromatic rings. The molecule has 120 valence electrons. The summed E-state index contributed by atoms with van der Waals surface area (Å²) in [5.74, 6) is -1.51. The molecule has 0 fully saturated rings. The third-order valence-corrected chi connectivity index (χ3v) is 4.42. The Kier molecular flexibility index (Phi) is 4.74. The van der Waals surface area contributed by atoms with Gasteiger partial charge in [-0.2, -0.15) is 0 Å². The fourth-order valence-electron chi connectivity index (χ4n) is 2.90. The highest BCUT2D eigenvalue weighted by Gasteiger charge is 2.32. The molecule has 1 aliphatic carbocycles. The smallest absolute Gasteiger partial charge is 0.315 e. The topological polar surface area (TPSA) is 78.4 Å². The summed E-state index contributed by atoms with van der Waals surface area (Å²) in [6.07, 6.45) is 1.88. The summed E-state index contributed by atoms with van der Waals surface area (Å²) >= 11 is 0. The lowest BCUT2D eigenvalue weighted by Crippen LogP contribution is -2.43. The van der Waals surface area contributed by atoms with Crippen LogP contribution in [0.3, 0.4) is 0 Å². The van der Waals surface area contributed by atoms with Crippen molar-refractivity contribution >= 4 is 12.0 Å². The number of aliphatic carboxylic acids is 1. The van der Waals surface area contributed by atoms with Crippen LogP contribution >= 0.6 is 0 Å². The molecule has 2 atom stereocenters. The van der Waals surface area contributed by atoms with Crippen LogP contribution in [0.4, 0.5) is 4.79 Å². The number of nitrogens with one attached hydrogen (secondary N) is 2. The minimum Gasteiger partial charge on any atom is -0.481 e. The number of carbonyl (C=O) groups is 2. The van der Waals surface area contributed by atoms with Gasteiger partial charge >= 0.3 is 12.0 Å². The second-order valence-electron chi connectivity index (χ2n) is 6.66. The molecule has 5 heteroatoms. The quantitative estimate of drug-likeness (QED) is 0.800. The first kappa shape index (κ1) is 16.3. The van der Waals surface area contributed by atoms with E-state index in [9.17, 15) is 9.59 Å². The maximum Gasteiger partial charge on any atom is 0.315 e. The lowest BCUT2D eigenvalue weighted by atomic mass is 9.71. The summed E-state index contributed by atoms with van der Waals surface area (Å²) in [7, 11) is 0. The molecule has 3 N–H and O–H groups in total. The van der Waals surface area contributed by atoms with Gasteiger partial charge in [0.15, 0.2) is 0 Å². The SMILES string of the molecule is C[C@@H](CNC(=O)NC1CCC(C)(C)c2ccccc21)C(=O)O. The van der Waals surface area contributed by atoms with E-state index >= 15 is 0 Å². The molecule has 2 amide bonds. The Balaban J connectivity index is 2.02. The number of fused-ring (bicyclic) bond motifs is 1. The zero-order valence-corrected chi connectivity index (χ0v) is 13.3. The molecule has 1 aromatic carbocycles. The van der Waals surface area contributed by atoms with Gasteiger partial charge < -0.3 is 15.7 Å². The van der Waals surface area contributed by atoms with E-state index in [0.29, 0.717) is 0 Å². The van der Waals surface area contributed by atoms with Crippen molar-refractivity contribution in [2.75, 3.05) is 6.54 Å². The molecule has 0 radical (unpaired) electrons. The van der Waals surface area contributed by atoms with E-state index in [2.05, 4.69) is 36.6 Å². The van der Waals surface area contributed by atoms with Crippen LogP contribution in [-0.4, -0.2) is 23.7 Å². The van der Waals surface area contributed by atoms with Crippen LogP contribution in [0, 0.1) is 5.92 Å². The number of carboxylic acid groups (broad SMARTS) is 1. The van der Waals surface area contributed by atoms with Crippen molar-refractivity contribution in [3.63, 3.8) is 0 Å². The van der Waals surface area contributed by atoms with E-state index in [4.69, 9.17) is 5.11 Å². The van der Waals surface area contributed by atoms with Crippen LogP contribution in [0.5, 0.6) is 0 Å². The molecule has 22 heavy (non-hydrogen) atoms. The van der Waals surface area contributed by atoms with Gasteiger partial charge in [0.2, 0.25) is 0 Å². The zero-order valence-electron chi connectivity index (χ0n) is 13.3. The highest BCUT2D eigenvalue weighted by atomic mass is 16.4. The standard InChI is InChI=1S/C17H24N2O3/c1-11(15(20)21)10-18-16(22)19-14-8-9-17(2,3)13-7-5-4-6-12(13)14/h4-7,11,14H,8-10H2,1-3H3,(H,20,21)(H2,18,19,22)/t11-,14?/m0/s1. The maximum atomic E-state index is 12.0. The number of carbonyl (C=O) groups excluding carboxylic acids is 1. The van der Waals surface area contributed by atoms with Crippen LogP contribution in [0.15, 0.2) is 24.3 Å². The van der Waals surface area contributed by atoms with Gasteiger partial charge in [0.25, 0.3) is 0 Å². The Bertz CT molecular complexity index is 569. The molecule has 5 nitrogen and oxygen atoms in total. The largest absolute Gasteiger partial charge is 0.481 e. The van der Waals surface area contributed by atoms with Crippen LogP contribution < -0.4 is 10.6 Å². The predicted molar refractivity (Wildman–Crippen MR) is 84.8 cm³/mol. The molecule has 0 aliphatic heterocycles. The van der Waals surface area contributed by atoms with Gasteiger partial charge in [-0.15, -0.1) is 0 Å². The number of benzene rings is 1. The Hall–Kier alpha value is -2.04.